The summed E-state index contributed by atoms with van der Waals surface area (Å²) in [4.78, 5) is 27.4. The van der Waals surface area contributed by atoms with Crippen LogP contribution in [0, 0.1) is 0 Å². The largest absolute Gasteiger partial charge is 0.405 e. The van der Waals surface area contributed by atoms with Gasteiger partial charge in [0.2, 0.25) is 5.91 Å². The third-order valence-electron chi connectivity index (χ3n) is 3.61. The van der Waals surface area contributed by atoms with Crippen molar-refractivity contribution in [3.05, 3.63) is 35.7 Å². The number of hydrogen-bond acceptors (Lipinski definition) is 5. The predicted octanol–water partition coefficient (Wildman–Crippen LogP) is 3.89. The third kappa shape index (κ3) is 4.64. The number of alkyl halides is 3. The molecule has 3 heterocycles. The molecular formula is C16H20ClF3N6O. The minimum atomic E-state index is -4.47. The molecule has 0 spiro atoms. The van der Waals surface area contributed by atoms with Crippen LogP contribution in [-0.2, 0) is 4.79 Å². The highest BCUT2D eigenvalue weighted by Crippen LogP contribution is 2.27. The number of amides is 1. The van der Waals surface area contributed by atoms with Crippen molar-refractivity contribution in [3.63, 3.8) is 0 Å². The molecular weight excluding hydrogens is 385 g/mol. The highest BCUT2D eigenvalue weighted by Gasteiger charge is 2.28. The highest BCUT2D eigenvalue weighted by atomic mass is 35.5. The number of hydrogen-bond donors (Lipinski definition) is 3. The summed E-state index contributed by atoms with van der Waals surface area (Å²) in [6.07, 6.45) is 0.181. The molecule has 0 aliphatic heterocycles. The summed E-state index contributed by atoms with van der Waals surface area (Å²) in [6.45, 7) is 0.0405. The number of H-pyrrole nitrogens is 1. The number of nitrogens with zero attached hydrogens (tertiary/aromatic N) is 3. The van der Waals surface area contributed by atoms with E-state index in [9.17, 15) is 18.0 Å². The second-order valence-electron chi connectivity index (χ2n) is 5.72. The Bertz CT molecular complexity index is 988. The van der Waals surface area contributed by atoms with Gasteiger partial charge in [-0.15, -0.1) is 0 Å². The van der Waals surface area contributed by atoms with Gasteiger partial charge in [-0.05, 0) is 19.1 Å². The topological polar surface area (TPSA) is 95.6 Å². The Kier molecular flexibility index (Phi) is 5.17. The number of pyridine rings is 1. The second kappa shape index (κ2) is 7.39. The van der Waals surface area contributed by atoms with Crippen LogP contribution >= 0.6 is 11.6 Å². The SMILES string of the molecule is C[C@@H](Nc1ccnc(-c2c[nH]c3ncc(Cl)cc23)n1)C(=O)NCC(F)(F)F.[HH].[HH].[HH]. The molecule has 0 saturated carbocycles. The molecule has 0 aliphatic rings. The van der Waals surface area contributed by atoms with E-state index in [1.54, 1.807) is 12.3 Å². The van der Waals surface area contributed by atoms with E-state index in [4.69, 9.17) is 11.6 Å². The normalized spacial score (nSPS) is 12.8. The van der Waals surface area contributed by atoms with Gasteiger partial charge in [0.15, 0.2) is 5.82 Å². The number of fused-ring (bicyclic) bond motifs is 1. The zero-order valence-corrected chi connectivity index (χ0v) is 14.7. The molecule has 0 unspecified atom stereocenters. The lowest BCUT2D eigenvalue weighted by Gasteiger charge is -2.15. The van der Waals surface area contributed by atoms with E-state index in [-0.39, 0.29) is 4.28 Å². The molecule has 0 radical (unpaired) electrons. The minimum Gasteiger partial charge on any atom is -0.359 e. The van der Waals surface area contributed by atoms with Gasteiger partial charge >= 0.3 is 6.18 Å². The van der Waals surface area contributed by atoms with Crippen molar-refractivity contribution < 1.29 is 22.2 Å². The highest BCUT2D eigenvalue weighted by molar-refractivity contribution is 6.31. The van der Waals surface area contributed by atoms with Crippen LogP contribution < -0.4 is 10.6 Å². The molecule has 7 nitrogen and oxygen atoms in total. The molecule has 1 amide bonds. The molecule has 0 bridgehead atoms. The van der Waals surface area contributed by atoms with Gasteiger partial charge in [0, 0.05) is 33.8 Å². The number of carbonyl (C=O) groups is 1. The summed E-state index contributed by atoms with van der Waals surface area (Å²) in [7, 11) is 0. The van der Waals surface area contributed by atoms with Gasteiger partial charge in [-0.3, -0.25) is 4.79 Å². The molecule has 148 valence electrons. The van der Waals surface area contributed by atoms with Gasteiger partial charge in [-0.25, -0.2) is 15.0 Å². The Hall–Kier alpha value is -2.88. The fourth-order valence-corrected chi connectivity index (χ4v) is 2.52. The van der Waals surface area contributed by atoms with Crippen molar-refractivity contribution >= 4 is 34.4 Å². The standard InChI is InChI=1S/C16H14ClF3N6O.3H2/c1-8(15(27)24-7-16(18,19)20)25-12-2-3-21-14(26-12)11-6-23-13-10(11)4-9(17)5-22-13;;;/h2-6,8H,7H2,1H3,(H,22,23)(H,24,27)(H,21,25,26);3*1H/t8-;;;/m1.../s1. The summed E-state index contributed by atoms with van der Waals surface area (Å²) >= 11 is 5.98. The first kappa shape index (κ1) is 18.9. The third-order valence-corrected chi connectivity index (χ3v) is 3.82. The smallest absolute Gasteiger partial charge is 0.359 e. The average molecular weight is 405 g/mol. The van der Waals surface area contributed by atoms with Crippen molar-refractivity contribution in [3.8, 4) is 11.4 Å². The zero-order chi connectivity index (χ0) is 19.6. The van der Waals surface area contributed by atoms with Gasteiger partial charge in [-0.1, -0.05) is 11.6 Å². The van der Waals surface area contributed by atoms with Gasteiger partial charge in [-0.2, -0.15) is 13.2 Å². The second-order valence-corrected chi connectivity index (χ2v) is 6.15. The molecule has 0 fully saturated rings. The van der Waals surface area contributed by atoms with Crippen LogP contribution in [0.4, 0.5) is 19.0 Å². The van der Waals surface area contributed by atoms with Crippen molar-refractivity contribution in [2.75, 3.05) is 11.9 Å². The quantitative estimate of drug-likeness (QED) is 0.599. The molecule has 3 aromatic heterocycles. The van der Waals surface area contributed by atoms with Crippen molar-refractivity contribution in [2.24, 2.45) is 0 Å². The molecule has 0 aliphatic carbocycles. The predicted molar refractivity (Wildman–Crippen MR) is 101 cm³/mol. The fraction of sp³-hybridized carbons (Fsp3) is 0.250. The van der Waals surface area contributed by atoms with Crippen LogP contribution in [0.2, 0.25) is 5.02 Å². The van der Waals surface area contributed by atoms with Crippen LogP contribution in [0.15, 0.2) is 30.7 Å². The molecule has 0 aromatic carbocycles. The lowest BCUT2D eigenvalue weighted by atomic mass is 10.2. The lowest BCUT2D eigenvalue weighted by molar-refractivity contribution is -0.138. The molecule has 27 heavy (non-hydrogen) atoms. The fourth-order valence-electron chi connectivity index (χ4n) is 2.36. The summed E-state index contributed by atoms with van der Waals surface area (Å²) in [6, 6.07) is 2.30. The molecule has 0 saturated heterocycles. The Labute approximate surface area is 160 Å². The number of rotatable bonds is 5. The maximum atomic E-state index is 12.2. The van der Waals surface area contributed by atoms with E-state index >= 15 is 0 Å². The van der Waals surface area contributed by atoms with Gasteiger partial charge in [0.1, 0.15) is 24.1 Å². The lowest BCUT2D eigenvalue weighted by Crippen LogP contribution is -2.42. The maximum Gasteiger partial charge on any atom is 0.405 e. The van der Waals surface area contributed by atoms with E-state index in [0.29, 0.717) is 27.9 Å². The Balaban J connectivity index is 0.00000280. The molecule has 3 aromatic rings. The summed E-state index contributed by atoms with van der Waals surface area (Å²) in [5.74, 6) is -0.159. The number of halogens is 4. The van der Waals surface area contributed by atoms with Crippen LogP contribution in [0.25, 0.3) is 22.4 Å². The van der Waals surface area contributed by atoms with Gasteiger partial charge in [0.05, 0.1) is 5.02 Å². The summed E-state index contributed by atoms with van der Waals surface area (Å²) in [5.41, 5.74) is 1.26. The van der Waals surface area contributed by atoms with E-state index in [2.05, 4.69) is 25.3 Å². The van der Waals surface area contributed by atoms with Gasteiger partial charge < -0.3 is 15.6 Å². The summed E-state index contributed by atoms with van der Waals surface area (Å²) in [5, 5.41) is 5.74. The monoisotopic (exact) mass is 404 g/mol. The van der Waals surface area contributed by atoms with Crippen LogP contribution in [-0.4, -0.2) is 44.6 Å². The van der Waals surface area contributed by atoms with E-state index < -0.39 is 24.7 Å². The van der Waals surface area contributed by atoms with Crippen LogP contribution in [0.1, 0.15) is 11.2 Å². The number of anilines is 1. The van der Waals surface area contributed by atoms with Crippen LogP contribution in [0.3, 0.4) is 0 Å². The van der Waals surface area contributed by atoms with Gasteiger partial charge in [0.25, 0.3) is 0 Å². The first-order chi connectivity index (χ1) is 12.7. The number of carbonyl (C=O) groups excluding carboxylic acids is 1. The Morgan fingerprint density at radius 3 is 2.93 bits per heavy atom. The Morgan fingerprint density at radius 2 is 2.19 bits per heavy atom. The first-order valence-electron chi connectivity index (χ1n) is 7.80. The summed E-state index contributed by atoms with van der Waals surface area (Å²) < 4.78 is 36.6. The molecule has 3 N–H and O–H groups in total. The average Bonchev–Trinajstić information content (AvgIpc) is 3.02. The number of aromatic amines is 1. The Morgan fingerprint density at radius 1 is 1.41 bits per heavy atom. The van der Waals surface area contributed by atoms with Crippen molar-refractivity contribution in [1.29, 1.82) is 0 Å². The number of nitrogens with one attached hydrogen (secondary N) is 3. The number of aromatic nitrogens is 4. The van der Waals surface area contributed by atoms with Crippen molar-refractivity contribution in [1.82, 2.24) is 25.3 Å². The molecule has 1 atom stereocenters. The van der Waals surface area contributed by atoms with E-state index in [1.807, 2.05) is 5.32 Å². The molecule has 3 rings (SSSR count). The van der Waals surface area contributed by atoms with E-state index in [0.717, 1.165) is 5.39 Å². The van der Waals surface area contributed by atoms with Crippen LogP contribution in [0.5, 0.6) is 0 Å². The van der Waals surface area contributed by atoms with E-state index in [1.165, 1.54) is 25.4 Å². The molecule has 11 heteroatoms. The first-order valence-corrected chi connectivity index (χ1v) is 8.18. The van der Waals surface area contributed by atoms with Crippen molar-refractivity contribution in [2.45, 2.75) is 19.1 Å². The maximum absolute atomic E-state index is 12.2. The minimum absolute atomic E-state index is 0. The zero-order valence-electron chi connectivity index (χ0n) is 13.9.